The second-order valence-electron chi connectivity index (χ2n) is 9.94. The molecule has 0 spiro atoms. The van der Waals surface area contributed by atoms with E-state index in [1.165, 1.54) is 11.3 Å². The van der Waals surface area contributed by atoms with Crippen molar-refractivity contribution in [1.29, 1.82) is 0 Å². The summed E-state index contributed by atoms with van der Waals surface area (Å²) in [7, 11) is -0.172. The Hall–Kier alpha value is -3.38. The van der Waals surface area contributed by atoms with Crippen molar-refractivity contribution in [2.75, 3.05) is 27.3 Å². The van der Waals surface area contributed by atoms with E-state index in [2.05, 4.69) is 0 Å². The summed E-state index contributed by atoms with van der Waals surface area (Å²) < 4.78 is 40.3. The van der Waals surface area contributed by atoms with Gasteiger partial charge in [-0.15, -0.1) is 0 Å². The van der Waals surface area contributed by atoms with E-state index in [1.807, 2.05) is 70.7 Å². The van der Waals surface area contributed by atoms with E-state index in [9.17, 15) is 8.42 Å². The van der Waals surface area contributed by atoms with Crippen molar-refractivity contribution in [3.05, 3.63) is 89.3 Å². The van der Waals surface area contributed by atoms with Crippen molar-refractivity contribution in [3.8, 4) is 22.8 Å². The molecule has 8 nitrogen and oxygen atoms in total. The molecule has 0 aliphatic carbocycles. The first-order valence-corrected chi connectivity index (χ1v) is 15.9. The Morgan fingerprint density at radius 1 is 0.786 bits per heavy atom. The average molecular weight is 668 g/mol. The Morgan fingerprint density at radius 3 is 1.95 bits per heavy atom. The molecular weight excluding hydrogens is 636 g/mol. The minimum Gasteiger partial charge on any atom is -1.00 e. The van der Waals surface area contributed by atoms with E-state index in [1.54, 1.807) is 30.7 Å². The van der Waals surface area contributed by atoms with Gasteiger partial charge in [-0.05, 0) is 102 Å². The van der Waals surface area contributed by atoms with E-state index in [-0.39, 0.29) is 17.0 Å². The molecule has 1 fully saturated rings. The molecule has 0 atom stereocenters. The zero-order chi connectivity index (χ0) is 28.4. The predicted molar refractivity (Wildman–Crippen MR) is 161 cm³/mol. The number of nitrogens with zero attached hydrogens (tertiary/aromatic N) is 4. The zero-order valence-corrected chi connectivity index (χ0v) is 26.6. The van der Waals surface area contributed by atoms with Gasteiger partial charge in [0.2, 0.25) is 10.0 Å². The third-order valence-electron chi connectivity index (χ3n) is 7.43. The lowest BCUT2D eigenvalue weighted by Gasteiger charge is -2.25. The number of piperidine rings is 1. The number of hydrazone groups is 1. The van der Waals surface area contributed by atoms with Crippen LogP contribution in [0.1, 0.15) is 36.8 Å². The number of rotatable bonds is 8. The summed E-state index contributed by atoms with van der Waals surface area (Å²) in [5.74, 6) is 1.58. The van der Waals surface area contributed by atoms with Crippen LogP contribution >= 0.6 is 11.3 Å². The molecule has 6 rings (SSSR count). The molecule has 2 aliphatic rings. The topological polar surface area (TPSA) is 84.1 Å². The number of hydrogen-bond donors (Lipinski definition) is 0. The largest absolute Gasteiger partial charge is 1.00 e. The normalized spacial score (nSPS) is 15.7. The second kappa shape index (κ2) is 12.9. The van der Waals surface area contributed by atoms with Gasteiger partial charge in [0, 0.05) is 29.8 Å². The monoisotopic (exact) mass is 666 g/mol. The summed E-state index contributed by atoms with van der Waals surface area (Å²) in [4.78, 5) is 5.24. The maximum absolute atomic E-state index is 13.1. The fourth-order valence-electron chi connectivity index (χ4n) is 5.11. The Kier molecular flexibility index (Phi) is 9.22. The maximum atomic E-state index is 13.1. The Balaban J connectivity index is 0.00000353. The highest BCUT2D eigenvalue weighted by Gasteiger charge is 2.31. The lowest BCUT2D eigenvalue weighted by molar-refractivity contribution is -0.441. The van der Waals surface area contributed by atoms with Crippen LogP contribution in [0.4, 0.5) is 5.13 Å². The van der Waals surface area contributed by atoms with Gasteiger partial charge in [-0.25, -0.2) is 8.42 Å². The molecule has 0 unspecified atom stereocenters. The molecule has 4 aromatic rings. The number of sulfonamides is 1. The van der Waals surface area contributed by atoms with Gasteiger partial charge < -0.3 is 26.5 Å². The molecule has 0 radical (unpaired) electrons. The van der Waals surface area contributed by atoms with Crippen LogP contribution in [0, 0.1) is 0 Å². The standard InChI is InChI=1S/C31H31N4O4S2.BrH/c1-38-25-12-6-22(7-13-25)28-20-30(24-8-14-26(39-2)15-9-24)35(33-28)31-32-29(21-40-31)23-10-16-27(17-11-23)41(36,37)34-18-4-3-5-19-34;/h6-17,21H,3-5,18-20H2,1-2H3;1H/q+1;/p-1. The van der Waals surface area contributed by atoms with Gasteiger partial charge >= 0.3 is 5.13 Å². The van der Waals surface area contributed by atoms with Crippen LogP contribution in [0.3, 0.4) is 0 Å². The Morgan fingerprint density at radius 2 is 1.36 bits per heavy atom. The summed E-state index contributed by atoms with van der Waals surface area (Å²) in [5, 5.41) is 7.71. The van der Waals surface area contributed by atoms with E-state index in [0.717, 1.165) is 69.7 Å². The molecule has 3 aromatic carbocycles. The van der Waals surface area contributed by atoms with Crippen LogP contribution in [0.15, 0.2) is 88.2 Å². The molecule has 218 valence electrons. The molecule has 42 heavy (non-hydrogen) atoms. The maximum Gasteiger partial charge on any atom is 0.408 e. The lowest BCUT2D eigenvalue weighted by atomic mass is 10.0. The molecule has 0 N–H and O–H groups in total. The first kappa shape index (κ1) is 30.1. The predicted octanol–water partition coefficient (Wildman–Crippen LogP) is 2.95. The van der Waals surface area contributed by atoms with Gasteiger partial charge in [0.15, 0.2) is 5.69 Å². The van der Waals surface area contributed by atoms with Crippen LogP contribution in [0.5, 0.6) is 11.5 Å². The number of benzene rings is 3. The van der Waals surface area contributed by atoms with Crippen molar-refractivity contribution >= 4 is 37.9 Å². The van der Waals surface area contributed by atoms with Gasteiger partial charge in [0.25, 0.3) is 0 Å². The minimum atomic E-state index is -3.48. The molecule has 3 heterocycles. The van der Waals surface area contributed by atoms with Crippen LogP contribution in [0.25, 0.3) is 11.3 Å². The lowest BCUT2D eigenvalue weighted by Crippen LogP contribution is -3.00. The van der Waals surface area contributed by atoms with Gasteiger partial charge in [-0.2, -0.15) is 4.31 Å². The smallest absolute Gasteiger partial charge is 0.408 e. The highest BCUT2D eigenvalue weighted by molar-refractivity contribution is 7.89. The van der Waals surface area contributed by atoms with E-state index in [4.69, 9.17) is 19.6 Å². The number of halogens is 1. The Labute approximate surface area is 260 Å². The molecule has 11 heteroatoms. The average Bonchev–Trinajstić information content (AvgIpc) is 3.70. The van der Waals surface area contributed by atoms with Gasteiger partial charge in [0.1, 0.15) is 17.2 Å². The first-order valence-electron chi connectivity index (χ1n) is 13.5. The summed E-state index contributed by atoms with van der Waals surface area (Å²) in [6.45, 7) is 1.17. The molecular formula is C31H31BrN4O4S2. The number of aromatic nitrogens is 1. The molecule has 0 bridgehead atoms. The number of thiazole rings is 1. The molecule has 0 saturated carbocycles. The fraction of sp³-hybridized carbons (Fsp3) is 0.258. The quantitative estimate of drug-likeness (QED) is 0.270. The van der Waals surface area contributed by atoms with Crippen LogP contribution in [-0.2, 0) is 10.0 Å². The van der Waals surface area contributed by atoms with Crippen LogP contribution in [0.2, 0.25) is 0 Å². The van der Waals surface area contributed by atoms with E-state index >= 15 is 0 Å². The van der Waals surface area contributed by atoms with Crippen molar-refractivity contribution in [1.82, 2.24) is 9.29 Å². The van der Waals surface area contributed by atoms with Crippen molar-refractivity contribution < 1.29 is 39.6 Å². The summed E-state index contributed by atoms with van der Waals surface area (Å²) in [5.41, 5.74) is 5.62. The SMILES string of the molecule is COc1ccc(C2=N[N+](c3nc(-c4ccc(S(=O)(=O)N5CCCCC5)cc4)cs3)=C(c3ccc(OC)cc3)C2)cc1.[Br-]. The Bertz CT molecular complexity index is 1710. The zero-order valence-electron chi connectivity index (χ0n) is 23.4. The molecule has 2 aliphatic heterocycles. The molecule has 1 saturated heterocycles. The van der Waals surface area contributed by atoms with Crippen LogP contribution in [-0.4, -0.2) is 61.1 Å². The second-order valence-corrected chi connectivity index (χ2v) is 12.7. The highest BCUT2D eigenvalue weighted by Crippen LogP contribution is 2.32. The van der Waals surface area contributed by atoms with E-state index < -0.39 is 10.0 Å². The molecule has 0 amide bonds. The summed E-state index contributed by atoms with van der Waals surface area (Å²) >= 11 is 1.50. The third-order valence-corrected chi connectivity index (χ3v) is 10.2. The van der Waals surface area contributed by atoms with Crippen LogP contribution < -0.4 is 26.5 Å². The molecule has 1 aromatic heterocycles. The van der Waals surface area contributed by atoms with Crippen molar-refractivity contribution in [2.45, 2.75) is 30.6 Å². The summed E-state index contributed by atoms with van der Waals surface area (Å²) in [6.07, 6.45) is 3.54. The minimum absolute atomic E-state index is 0. The highest BCUT2D eigenvalue weighted by atomic mass is 79.9. The summed E-state index contributed by atoms with van der Waals surface area (Å²) in [6, 6.07) is 22.9. The van der Waals surface area contributed by atoms with Gasteiger partial charge in [0.05, 0.1) is 36.6 Å². The van der Waals surface area contributed by atoms with Gasteiger partial charge in [-0.3, -0.25) is 0 Å². The number of methoxy groups -OCH3 is 2. The number of hydrogen-bond acceptors (Lipinski definition) is 7. The first-order chi connectivity index (χ1) is 20.0. The van der Waals surface area contributed by atoms with Crippen molar-refractivity contribution in [2.24, 2.45) is 5.10 Å². The fourth-order valence-corrected chi connectivity index (χ4v) is 7.43. The number of ether oxygens (including phenoxy) is 2. The van der Waals surface area contributed by atoms with Gasteiger partial charge in [-0.1, -0.05) is 16.2 Å². The third kappa shape index (κ3) is 6.05. The van der Waals surface area contributed by atoms with Crippen molar-refractivity contribution in [3.63, 3.8) is 0 Å². The van der Waals surface area contributed by atoms with E-state index in [0.29, 0.717) is 24.4 Å².